The molecule has 108 valence electrons. The summed E-state index contributed by atoms with van der Waals surface area (Å²) in [5.41, 5.74) is 0. The number of methoxy groups -OCH3 is 1. The summed E-state index contributed by atoms with van der Waals surface area (Å²) in [7, 11) is 3.16. The van der Waals surface area contributed by atoms with Crippen LogP contribution < -0.4 is 0 Å². The molecule has 0 radical (unpaired) electrons. The standard InChI is InChI=1S/C14H24N2O3/c1-6-8-16(9-7-2)13(17)11-15(4)10-12(3)14(18)19-5/h6-7,12H,1-2,8-11H2,3-5H3. The molecule has 0 bridgehead atoms. The number of likely N-dealkylation sites (N-methyl/N-ethyl adjacent to an activating group) is 1. The molecule has 1 atom stereocenters. The van der Waals surface area contributed by atoms with Crippen LogP contribution in [0.1, 0.15) is 6.92 Å². The molecular weight excluding hydrogens is 244 g/mol. The quantitative estimate of drug-likeness (QED) is 0.461. The lowest BCUT2D eigenvalue weighted by Gasteiger charge is -2.24. The zero-order valence-corrected chi connectivity index (χ0v) is 12.1. The van der Waals surface area contributed by atoms with Crippen LogP contribution in [0.2, 0.25) is 0 Å². The normalized spacial score (nSPS) is 11.8. The monoisotopic (exact) mass is 268 g/mol. The van der Waals surface area contributed by atoms with Crippen molar-refractivity contribution >= 4 is 11.9 Å². The number of nitrogens with zero attached hydrogens (tertiary/aromatic N) is 2. The molecule has 5 nitrogen and oxygen atoms in total. The van der Waals surface area contributed by atoms with Gasteiger partial charge in [-0.2, -0.15) is 0 Å². The third-order valence-corrected chi connectivity index (χ3v) is 2.65. The number of carbonyl (C=O) groups excluding carboxylic acids is 2. The third kappa shape index (κ3) is 6.76. The van der Waals surface area contributed by atoms with Gasteiger partial charge in [0.25, 0.3) is 0 Å². The lowest BCUT2D eigenvalue weighted by atomic mass is 10.2. The molecule has 0 saturated carbocycles. The van der Waals surface area contributed by atoms with Crippen molar-refractivity contribution in [2.24, 2.45) is 5.92 Å². The van der Waals surface area contributed by atoms with E-state index in [0.29, 0.717) is 19.6 Å². The molecule has 0 aliphatic carbocycles. The highest BCUT2D eigenvalue weighted by atomic mass is 16.5. The Bertz CT molecular complexity index is 319. The highest BCUT2D eigenvalue weighted by molar-refractivity contribution is 5.78. The predicted molar refractivity (Wildman–Crippen MR) is 75.7 cm³/mol. The molecule has 0 fully saturated rings. The SMILES string of the molecule is C=CCN(CC=C)C(=O)CN(C)CC(C)C(=O)OC. The fourth-order valence-corrected chi connectivity index (χ4v) is 1.73. The average Bonchev–Trinajstić information content (AvgIpc) is 2.37. The van der Waals surface area contributed by atoms with Crippen molar-refractivity contribution < 1.29 is 14.3 Å². The van der Waals surface area contributed by atoms with Crippen molar-refractivity contribution in [3.63, 3.8) is 0 Å². The number of carbonyl (C=O) groups is 2. The smallest absolute Gasteiger partial charge is 0.309 e. The first-order valence-corrected chi connectivity index (χ1v) is 6.22. The van der Waals surface area contributed by atoms with Gasteiger partial charge in [0.05, 0.1) is 19.6 Å². The first kappa shape index (κ1) is 17.4. The van der Waals surface area contributed by atoms with Crippen molar-refractivity contribution in [1.29, 1.82) is 0 Å². The van der Waals surface area contributed by atoms with E-state index in [-0.39, 0.29) is 24.3 Å². The summed E-state index contributed by atoms with van der Waals surface area (Å²) in [5, 5.41) is 0. The molecule has 0 aromatic heterocycles. The number of hydrogen-bond acceptors (Lipinski definition) is 4. The molecule has 0 heterocycles. The fraction of sp³-hybridized carbons (Fsp3) is 0.571. The van der Waals surface area contributed by atoms with E-state index < -0.39 is 0 Å². The summed E-state index contributed by atoms with van der Waals surface area (Å²) in [6, 6.07) is 0. The zero-order valence-electron chi connectivity index (χ0n) is 12.1. The largest absolute Gasteiger partial charge is 0.469 e. The predicted octanol–water partition coefficient (Wildman–Crippen LogP) is 0.928. The maximum absolute atomic E-state index is 12.0. The van der Waals surface area contributed by atoms with Gasteiger partial charge in [-0.25, -0.2) is 0 Å². The Labute approximate surface area is 115 Å². The highest BCUT2D eigenvalue weighted by Crippen LogP contribution is 2.02. The van der Waals surface area contributed by atoms with Crippen LogP contribution in [0.25, 0.3) is 0 Å². The molecule has 0 aliphatic rings. The van der Waals surface area contributed by atoms with Crippen LogP contribution in [-0.2, 0) is 14.3 Å². The van der Waals surface area contributed by atoms with Gasteiger partial charge in [-0.15, -0.1) is 13.2 Å². The van der Waals surface area contributed by atoms with E-state index >= 15 is 0 Å². The molecule has 0 N–H and O–H groups in total. The van der Waals surface area contributed by atoms with E-state index in [1.807, 2.05) is 4.90 Å². The molecule has 1 amide bonds. The topological polar surface area (TPSA) is 49.9 Å². The van der Waals surface area contributed by atoms with Gasteiger partial charge in [-0.3, -0.25) is 14.5 Å². The van der Waals surface area contributed by atoms with Crippen LogP contribution in [0.3, 0.4) is 0 Å². The Balaban J connectivity index is 4.32. The van der Waals surface area contributed by atoms with Crippen LogP contribution in [0.4, 0.5) is 0 Å². The summed E-state index contributed by atoms with van der Waals surface area (Å²) < 4.78 is 4.65. The van der Waals surface area contributed by atoms with Crippen LogP contribution in [0.5, 0.6) is 0 Å². The number of rotatable bonds is 9. The minimum absolute atomic E-state index is 0.0145. The van der Waals surface area contributed by atoms with Gasteiger partial charge in [-0.05, 0) is 7.05 Å². The fourth-order valence-electron chi connectivity index (χ4n) is 1.73. The van der Waals surface area contributed by atoms with Crippen molar-refractivity contribution in [2.45, 2.75) is 6.92 Å². The van der Waals surface area contributed by atoms with Crippen molar-refractivity contribution in [2.75, 3.05) is 40.3 Å². The lowest BCUT2D eigenvalue weighted by molar-refractivity contribution is -0.146. The average molecular weight is 268 g/mol. The molecule has 0 aromatic carbocycles. The Morgan fingerprint density at radius 2 is 1.79 bits per heavy atom. The lowest BCUT2D eigenvalue weighted by Crippen LogP contribution is -2.41. The summed E-state index contributed by atoms with van der Waals surface area (Å²) in [5.74, 6) is -0.539. The van der Waals surface area contributed by atoms with Gasteiger partial charge in [0.2, 0.25) is 5.91 Å². The second kappa shape index (κ2) is 9.33. The van der Waals surface area contributed by atoms with E-state index in [4.69, 9.17) is 0 Å². The van der Waals surface area contributed by atoms with E-state index in [2.05, 4.69) is 17.9 Å². The molecule has 0 rings (SSSR count). The van der Waals surface area contributed by atoms with E-state index in [0.717, 1.165) is 0 Å². The second-order valence-corrected chi connectivity index (χ2v) is 4.50. The van der Waals surface area contributed by atoms with E-state index in [1.165, 1.54) is 7.11 Å². The van der Waals surface area contributed by atoms with Crippen molar-refractivity contribution in [3.8, 4) is 0 Å². The molecule has 1 unspecified atom stereocenters. The number of amides is 1. The van der Waals surface area contributed by atoms with Gasteiger partial charge < -0.3 is 9.64 Å². The highest BCUT2D eigenvalue weighted by Gasteiger charge is 2.18. The number of hydrogen-bond donors (Lipinski definition) is 0. The minimum atomic E-state index is -0.270. The van der Waals surface area contributed by atoms with Crippen LogP contribution >= 0.6 is 0 Å². The maximum Gasteiger partial charge on any atom is 0.309 e. The molecule has 0 saturated heterocycles. The zero-order chi connectivity index (χ0) is 14.8. The summed E-state index contributed by atoms with van der Waals surface area (Å²) in [6.07, 6.45) is 3.36. The second-order valence-electron chi connectivity index (χ2n) is 4.50. The van der Waals surface area contributed by atoms with Gasteiger partial charge in [0.15, 0.2) is 0 Å². The van der Waals surface area contributed by atoms with Gasteiger partial charge in [0.1, 0.15) is 0 Å². The first-order chi connectivity index (χ1) is 8.96. The summed E-state index contributed by atoms with van der Waals surface area (Å²) in [4.78, 5) is 26.8. The van der Waals surface area contributed by atoms with Crippen LogP contribution in [0.15, 0.2) is 25.3 Å². The number of ether oxygens (including phenoxy) is 1. The van der Waals surface area contributed by atoms with Gasteiger partial charge in [-0.1, -0.05) is 19.1 Å². The Morgan fingerprint density at radius 3 is 2.21 bits per heavy atom. The molecule has 0 spiro atoms. The Kier molecular flexibility index (Phi) is 8.53. The first-order valence-electron chi connectivity index (χ1n) is 6.22. The molecule has 19 heavy (non-hydrogen) atoms. The van der Waals surface area contributed by atoms with E-state index in [9.17, 15) is 9.59 Å². The summed E-state index contributed by atoms with van der Waals surface area (Å²) in [6.45, 7) is 10.7. The molecule has 5 heteroatoms. The Hall–Kier alpha value is -1.62. The summed E-state index contributed by atoms with van der Waals surface area (Å²) >= 11 is 0. The molecule has 0 aliphatic heterocycles. The van der Waals surface area contributed by atoms with Crippen molar-refractivity contribution in [3.05, 3.63) is 25.3 Å². The van der Waals surface area contributed by atoms with Crippen molar-refractivity contribution in [1.82, 2.24) is 9.80 Å². The van der Waals surface area contributed by atoms with Gasteiger partial charge >= 0.3 is 5.97 Å². The number of esters is 1. The minimum Gasteiger partial charge on any atom is -0.469 e. The van der Waals surface area contributed by atoms with Crippen LogP contribution in [-0.4, -0.2) is 62.0 Å². The van der Waals surface area contributed by atoms with Gasteiger partial charge in [0, 0.05) is 19.6 Å². The maximum atomic E-state index is 12.0. The van der Waals surface area contributed by atoms with Crippen LogP contribution in [0, 0.1) is 5.92 Å². The van der Waals surface area contributed by atoms with E-state index in [1.54, 1.807) is 31.0 Å². The Morgan fingerprint density at radius 1 is 1.26 bits per heavy atom. The third-order valence-electron chi connectivity index (χ3n) is 2.65. The molecular formula is C14H24N2O3. The molecule has 0 aromatic rings.